The number of carbonyl (C=O) groups excluding carboxylic acids is 1. The Labute approximate surface area is 80.2 Å². The highest BCUT2D eigenvalue weighted by Gasteiger charge is 2.62. The number of Topliss-reactive ketones (excluding diaryl/α,β-unsaturated/α-hetero) is 1. The van der Waals surface area contributed by atoms with Gasteiger partial charge in [0.15, 0.2) is 0 Å². The Kier molecular flexibility index (Phi) is 1.56. The lowest BCUT2D eigenvalue weighted by molar-refractivity contribution is -0.129. The molecule has 0 aromatic carbocycles. The van der Waals surface area contributed by atoms with Crippen molar-refractivity contribution in [2.45, 2.75) is 34.1 Å². The zero-order chi connectivity index (χ0) is 9.85. The van der Waals surface area contributed by atoms with Gasteiger partial charge in [-0.1, -0.05) is 39.8 Å². The van der Waals surface area contributed by atoms with Crippen LogP contribution in [-0.4, -0.2) is 5.78 Å². The maximum Gasteiger partial charge on any atom is 0.143 e. The molecule has 0 saturated heterocycles. The minimum atomic E-state index is -0.135. The van der Waals surface area contributed by atoms with Crippen molar-refractivity contribution in [3.63, 3.8) is 0 Å². The Morgan fingerprint density at radius 2 is 1.92 bits per heavy atom. The first-order valence-electron chi connectivity index (χ1n) is 5.08. The van der Waals surface area contributed by atoms with Crippen molar-refractivity contribution < 1.29 is 4.79 Å². The largest absolute Gasteiger partial charge is 0.299 e. The topological polar surface area (TPSA) is 17.1 Å². The molecule has 0 aromatic rings. The van der Waals surface area contributed by atoms with E-state index in [4.69, 9.17) is 0 Å². The maximum atomic E-state index is 12.1. The summed E-state index contributed by atoms with van der Waals surface area (Å²) in [7, 11) is 0. The lowest BCUT2D eigenvalue weighted by Crippen LogP contribution is -2.26. The highest BCUT2D eigenvalue weighted by Crippen LogP contribution is 2.62. The highest BCUT2D eigenvalue weighted by atomic mass is 16.1. The van der Waals surface area contributed by atoms with E-state index in [1.807, 2.05) is 0 Å². The minimum absolute atomic E-state index is 0.135. The predicted molar refractivity (Wildman–Crippen MR) is 53.3 cm³/mol. The third-order valence-corrected chi connectivity index (χ3v) is 3.83. The van der Waals surface area contributed by atoms with Gasteiger partial charge >= 0.3 is 0 Å². The molecule has 2 unspecified atom stereocenters. The number of carbonyl (C=O) groups is 1. The summed E-state index contributed by atoms with van der Waals surface area (Å²) in [6.07, 6.45) is 5.35. The third kappa shape index (κ3) is 1.09. The predicted octanol–water partition coefficient (Wildman–Crippen LogP) is 2.81. The Morgan fingerprint density at radius 3 is 2.54 bits per heavy atom. The Balaban J connectivity index is 2.33. The van der Waals surface area contributed by atoms with E-state index in [0.717, 1.165) is 6.42 Å². The van der Waals surface area contributed by atoms with Crippen LogP contribution in [0, 0.1) is 22.7 Å². The summed E-state index contributed by atoms with van der Waals surface area (Å²) in [5.41, 5.74) is 0.0922. The van der Waals surface area contributed by atoms with Gasteiger partial charge in [-0.2, -0.15) is 0 Å². The fraction of sp³-hybridized carbons (Fsp3) is 0.750. The zero-order valence-electron chi connectivity index (χ0n) is 8.92. The van der Waals surface area contributed by atoms with Crippen molar-refractivity contribution in [3.05, 3.63) is 12.2 Å². The number of allylic oxidation sites excluding steroid dienone is 2. The van der Waals surface area contributed by atoms with Crippen LogP contribution in [0.25, 0.3) is 0 Å². The van der Waals surface area contributed by atoms with Crippen molar-refractivity contribution >= 4 is 5.78 Å². The number of fused-ring (bicyclic) bond motifs is 1. The second kappa shape index (κ2) is 2.26. The monoisotopic (exact) mass is 178 g/mol. The van der Waals surface area contributed by atoms with Crippen molar-refractivity contribution in [2.24, 2.45) is 22.7 Å². The molecule has 1 heteroatoms. The first-order valence-corrected chi connectivity index (χ1v) is 5.08. The fourth-order valence-corrected chi connectivity index (χ4v) is 2.57. The summed E-state index contributed by atoms with van der Waals surface area (Å²) in [5, 5.41) is 0. The number of rotatable bonds is 0. The van der Waals surface area contributed by atoms with Crippen molar-refractivity contribution in [3.8, 4) is 0 Å². The first kappa shape index (κ1) is 8.98. The summed E-state index contributed by atoms with van der Waals surface area (Å²) < 4.78 is 0. The summed E-state index contributed by atoms with van der Waals surface area (Å²) in [4.78, 5) is 12.1. The van der Waals surface area contributed by atoms with Gasteiger partial charge in [0.25, 0.3) is 0 Å². The number of hydrogen-bond acceptors (Lipinski definition) is 1. The molecule has 0 N–H and O–H groups in total. The van der Waals surface area contributed by atoms with Crippen LogP contribution in [-0.2, 0) is 4.79 Å². The summed E-state index contributed by atoms with van der Waals surface area (Å²) in [5.74, 6) is 1.27. The van der Waals surface area contributed by atoms with Crippen LogP contribution >= 0.6 is 0 Å². The molecular formula is C12H18O. The summed E-state index contributed by atoms with van der Waals surface area (Å²) >= 11 is 0. The second-order valence-electron chi connectivity index (χ2n) is 5.71. The average molecular weight is 178 g/mol. The first-order chi connectivity index (χ1) is 5.87. The summed E-state index contributed by atoms with van der Waals surface area (Å²) in [6.45, 7) is 8.53. The van der Waals surface area contributed by atoms with Gasteiger partial charge in [-0.15, -0.1) is 0 Å². The standard InChI is InChI=1S/C12H18O/c1-11(2)7-5-6-8-9(10(11)13)12(8,3)4/h5-6,8-9H,7H2,1-4H3. The van der Waals surface area contributed by atoms with Gasteiger partial charge in [0.05, 0.1) is 0 Å². The normalized spacial score (nSPS) is 39.5. The number of hydrogen-bond donors (Lipinski definition) is 0. The van der Waals surface area contributed by atoms with Crippen LogP contribution in [0.15, 0.2) is 12.2 Å². The Bertz CT molecular complexity index is 283. The van der Waals surface area contributed by atoms with Crippen LogP contribution in [0.2, 0.25) is 0 Å². The fourth-order valence-electron chi connectivity index (χ4n) is 2.57. The van der Waals surface area contributed by atoms with E-state index in [0.29, 0.717) is 17.6 Å². The smallest absolute Gasteiger partial charge is 0.143 e. The van der Waals surface area contributed by atoms with E-state index in [1.165, 1.54) is 0 Å². The average Bonchev–Trinajstić information content (AvgIpc) is 2.54. The molecule has 0 aliphatic heterocycles. The molecule has 0 radical (unpaired) electrons. The molecule has 1 fully saturated rings. The molecule has 0 aromatic heterocycles. The van der Waals surface area contributed by atoms with Crippen molar-refractivity contribution in [1.29, 1.82) is 0 Å². The Hall–Kier alpha value is -0.590. The molecule has 1 nitrogen and oxygen atoms in total. The zero-order valence-corrected chi connectivity index (χ0v) is 8.92. The van der Waals surface area contributed by atoms with E-state index in [1.54, 1.807) is 0 Å². The molecular weight excluding hydrogens is 160 g/mol. The molecule has 72 valence electrons. The lowest BCUT2D eigenvalue weighted by Gasteiger charge is -2.21. The van der Waals surface area contributed by atoms with Crippen LogP contribution in [0.4, 0.5) is 0 Å². The molecule has 2 atom stereocenters. The molecule has 1 saturated carbocycles. The van der Waals surface area contributed by atoms with Gasteiger partial charge in [-0.05, 0) is 17.8 Å². The van der Waals surface area contributed by atoms with Gasteiger partial charge in [-0.3, -0.25) is 4.79 Å². The van der Waals surface area contributed by atoms with E-state index in [2.05, 4.69) is 39.8 Å². The van der Waals surface area contributed by atoms with Crippen molar-refractivity contribution in [2.75, 3.05) is 0 Å². The molecule has 0 heterocycles. The quantitative estimate of drug-likeness (QED) is 0.521. The van der Waals surface area contributed by atoms with Crippen LogP contribution in [0.5, 0.6) is 0 Å². The van der Waals surface area contributed by atoms with E-state index in [-0.39, 0.29) is 10.8 Å². The third-order valence-electron chi connectivity index (χ3n) is 3.83. The van der Waals surface area contributed by atoms with E-state index < -0.39 is 0 Å². The van der Waals surface area contributed by atoms with Gasteiger partial charge < -0.3 is 0 Å². The van der Waals surface area contributed by atoms with E-state index >= 15 is 0 Å². The van der Waals surface area contributed by atoms with E-state index in [9.17, 15) is 4.79 Å². The van der Waals surface area contributed by atoms with Gasteiger partial charge in [0.1, 0.15) is 5.78 Å². The van der Waals surface area contributed by atoms with Crippen molar-refractivity contribution in [1.82, 2.24) is 0 Å². The minimum Gasteiger partial charge on any atom is -0.299 e. The SMILES string of the molecule is CC1(C)CC=CC2C(C1=O)C2(C)C. The summed E-state index contributed by atoms with van der Waals surface area (Å²) in [6, 6.07) is 0. The Morgan fingerprint density at radius 1 is 1.31 bits per heavy atom. The number of ketones is 1. The molecule has 0 bridgehead atoms. The molecule has 2 aliphatic rings. The highest BCUT2D eigenvalue weighted by molar-refractivity contribution is 5.91. The van der Waals surface area contributed by atoms with Crippen LogP contribution < -0.4 is 0 Å². The van der Waals surface area contributed by atoms with Crippen LogP contribution in [0.1, 0.15) is 34.1 Å². The molecule has 0 spiro atoms. The molecule has 0 amide bonds. The second-order valence-corrected chi connectivity index (χ2v) is 5.71. The van der Waals surface area contributed by atoms with Gasteiger partial charge in [0, 0.05) is 11.3 Å². The van der Waals surface area contributed by atoms with Gasteiger partial charge in [-0.25, -0.2) is 0 Å². The van der Waals surface area contributed by atoms with Gasteiger partial charge in [0.2, 0.25) is 0 Å². The molecule has 2 rings (SSSR count). The molecule has 2 aliphatic carbocycles. The lowest BCUT2D eigenvalue weighted by atomic mass is 9.81. The molecule has 13 heavy (non-hydrogen) atoms. The maximum absolute atomic E-state index is 12.1. The van der Waals surface area contributed by atoms with Crippen LogP contribution in [0.3, 0.4) is 0 Å².